The van der Waals surface area contributed by atoms with E-state index in [1.807, 2.05) is 12.1 Å². The van der Waals surface area contributed by atoms with E-state index in [1.165, 1.54) is 15.9 Å². The van der Waals surface area contributed by atoms with Crippen LogP contribution in [0.3, 0.4) is 0 Å². The standard InChI is InChI=1S/C20H23FN2O4S/c1-2-3-15-4-7-17(8-5-15)22-20(24)16-6-9-18(21)19(14-16)28(25,26)23-10-12-27-13-11-23/h4-9,14H,2-3,10-13H2,1H3,(H,22,24). The van der Waals surface area contributed by atoms with Gasteiger partial charge in [-0.15, -0.1) is 0 Å². The van der Waals surface area contributed by atoms with Gasteiger partial charge >= 0.3 is 0 Å². The molecule has 2 aromatic rings. The minimum Gasteiger partial charge on any atom is -0.379 e. The highest BCUT2D eigenvalue weighted by molar-refractivity contribution is 7.89. The van der Waals surface area contributed by atoms with Crippen LogP contribution in [0.25, 0.3) is 0 Å². The summed E-state index contributed by atoms with van der Waals surface area (Å²) in [4.78, 5) is 12.0. The zero-order valence-electron chi connectivity index (χ0n) is 15.7. The number of sulfonamides is 1. The van der Waals surface area contributed by atoms with Crippen LogP contribution in [-0.4, -0.2) is 44.9 Å². The first-order chi connectivity index (χ1) is 13.4. The summed E-state index contributed by atoms with van der Waals surface area (Å²) in [6.45, 7) is 2.92. The second kappa shape index (κ2) is 8.81. The van der Waals surface area contributed by atoms with Crippen molar-refractivity contribution >= 4 is 21.6 Å². The van der Waals surface area contributed by atoms with Crippen molar-refractivity contribution in [2.45, 2.75) is 24.7 Å². The number of anilines is 1. The summed E-state index contributed by atoms with van der Waals surface area (Å²) in [5.41, 5.74) is 1.83. The number of amides is 1. The Hall–Kier alpha value is -2.29. The molecule has 0 radical (unpaired) electrons. The SMILES string of the molecule is CCCc1ccc(NC(=O)c2ccc(F)c(S(=O)(=O)N3CCOCC3)c2)cc1. The summed E-state index contributed by atoms with van der Waals surface area (Å²) < 4.78 is 46.1. The first-order valence-electron chi connectivity index (χ1n) is 9.19. The molecule has 1 heterocycles. The van der Waals surface area contributed by atoms with Gasteiger partial charge < -0.3 is 10.1 Å². The van der Waals surface area contributed by atoms with E-state index >= 15 is 0 Å². The first kappa shape index (κ1) is 20.4. The number of benzene rings is 2. The third kappa shape index (κ3) is 4.57. The van der Waals surface area contributed by atoms with Crippen molar-refractivity contribution in [3.63, 3.8) is 0 Å². The van der Waals surface area contributed by atoms with Crippen molar-refractivity contribution in [1.29, 1.82) is 0 Å². The Balaban J connectivity index is 1.81. The van der Waals surface area contributed by atoms with Crippen molar-refractivity contribution in [2.75, 3.05) is 31.6 Å². The highest BCUT2D eigenvalue weighted by atomic mass is 32.2. The highest BCUT2D eigenvalue weighted by Crippen LogP contribution is 2.22. The third-order valence-electron chi connectivity index (χ3n) is 4.53. The molecule has 0 atom stereocenters. The molecule has 1 saturated heterocycles. The van der Waals surface area contributed by atoms with Gasteiger partial charge in [-0.3, -0.25) is 4.79 Å². The van der Waals surface area contributed by atoms with E-state index in [4.69, 9.17) is 4.74 Å². The molecule has 1 amide bonds. The van der Waals surface area contributed by atoms with Crippen LogP contribution in [0.15, 0.2) is 47.4 Å². The molecule has 0 spiro atoms. The molecular weight excluding hydrogens is 383 g/mol. The zero-order valence-corrected chi connectivity index (χ0v) is 16.5. The second-order valence-electron chi connectivity index (χ2n) is 6.56. The molecule has 3 rings (SSSR count). The van der Waals surface area contributed by atoms with Gasteiger partial charge in [0.2, 0.25) is 10.0 Å². The normalized spacial score (nSPS) is 15.4. The molecule has 1 aliphatic rings. The van der Waals surface area contributed by atoms with E-state index in [-0.39, 0.29) is 31.9 Å². The number of hydrogen-bond donors (Lipinski definition) is 1. The molecule has 150 valence electrons. The Morgan fingerprint density at radius 1 is 1.14 bits per heavy atom. The van der Waals surface area contributed by atoms with E-state index in [0.717, 1.165) is 25.0 Å². The number of carbonyl (C=O) groups is 1. The van der Waals surface area contributed by atoms with Crippen LogP contribution in [0.4, 0.5) is 10.1 Å². The van der Waals surface area contributed by atoms with E-state index in [1.54, 1.807) is 12.1 Å². The number of nitrogens with zero attached hydrogens (tertiary/aromatic N) is 1. The van der Waals surface area contributed by atoms with E-state index in [0.29, 0.717) is 5.69 Å². The van der Waals surface area contributed by atoms with Crippen LogP contribution in [0.1, 0.15) is 29.3 Å². The molecule has 0 aromatic heterocycles. The Morgan fingerprint density at radius 2 is 1.82 bits per heavy atom. The zero-order chi connectivity index (χ0) is 20.1. The van der Waals surface area contributed by atoms with Gasteiger partial charge in [0.05, 0.1) is 13.2 Å². The lowest BCUT2D eigenvalue weighted by atomic mass is 10.1. The molecule has 6 nitrogen and oxygen atoms in total. The maximum Gasteiger partial charge on any atom is 0.255 e. The number of hydrogen-bond acceptors (Lipinski definition) is 4. The summed E-state index contributed by atoms with van der Waals surface area (Å²) in [6.07, 6.45) is 1.98. The minimum absolute atomic E-state index is 0.0749. The van der Waals surface area contributed by atoms with Gasteiger partial charge in [-0.05, 0) is 42.3 Å². The van der Waals surface area contributed by atoms with Gasteiger partial charge in [-0.1, -0.05) is 25.5 Å². The molecule has 0 aliphatic carbocycles. The fourth-order valence-corrected chi connectivity index (χ4v) is 4.51. The maximum absolute atomic E-state index is 14.3. The molecule has 1 N–H and O–H groups in total. The Kier molecular flexibility index (Phi) is 6.43. The third-order valence-corrected chi connectivity index (χ3v) is 6.45. The molecule has 1 fully saturated rings. The predicted octanol–water partition coefficient (Wildman–Crippen LogP) is 3.05. The lowest BCUT2D eigenvalue weighted by Gasteiger charge is -2.26. The van der Waals surface area contributed by atoms with Crippen molar-refractivity contribution < 1.29 is 22.3 Å². The van der Waals surface area contributed by atoms with Gasteiger partial charge in [-0.25, -0.2) is 12.8 Å². The smallest absolute Gasteiger partial charge is 0.255 e. The molecule has 28 heavy (non-hydrogen) atoms. The summed E-state index contributed by atoms with van der Waals surface area (Å²) in [5.74, 6) is -1.38. The molecule has 2 aromatic carbocycles. The molecule has 0 saturated carbocycles. The Bertz CT molecular complexity index is 939. The average Bonchev–Trinajstić information content (AvgIpc) is 2.70. The molecule has 0 bridgehead atoms. The maximum atomic E-state index is 14.3. The topological polar surface area (TPSA) is 75.7 Å². The lowest BCUT2D eigenvalue weighted by Crippen LogP contribution is -2.41. The van der Waals surface area contributed by atoms with E-state index < -0.39 is 26.6 Å². The Morgan fingerprint density at radius 3 is 2.46 bits per heavy atom. The largest absolute Gasteiger partial charge is 0.379 e. The molecule has 8 heteroatoms. The number of ether oxygens (including phenoxy) is 1. The van der Waals surface area contributed by atoms with Gasteiger partial charge in [0.1, 0.15) is 10.7 Å². The molecule has 0 unspecified atom stereocenters. The number of halogens is 1. The molecular formula is C20H23FN2O4S. The number of rotatable bonds is 6. The monoisotopic (exact) mass is 406 g/mol. The van der Waals surface area contributed by atoms with Crippen LogP contribution in [-0.2, 0) is 21.2 Å². The van der Waals surface area contributed by atoms with Crippen molar-refractivity contribution in [1.82, 2.24) is 4.31 Å². The van der Waals surface area contributed by atoms with Gasteiger partial charge in [0, 0.05) is 24.3 Å². The minimum atomic E-state index is -4.04. The quantitative estimate of drug-likeness (QED) is 0.800. The average molecular weight is 406 g/mol. The van der Waals surface area contributed by atoms with Crippen LogP contribution in [0.5, 0.6) is 0 Å². The van der Waals surface area contributed by atoms with Crippen LogP contribution >= 0.6 is 0 Å². The Labute approximate surface area is 164 Å². The molecule has 1 aliphatic heterocycles. The summed E-state index contributed by atoms with van der Waals surface area (Å²) in [7, 11) is -4.04. The van der Waals surface area contributed by atoms with Crippen LogP contribution in [0.2, 0.25) is 0 Å². The number of nitrogens with one attached hydrogen (secondary N) is 1. The van der Waals surface area contributed by atoms with Gasteiger partial charge in [-0.2, -0.15) is 4.31 Å². The number of morpholine rings is 1. The van der Waals surface area contributed by atoms with E-state index in [9.17, 15) is 17.6 Å². The lowest BCUT2D eigenvalue weighted by molar-refractivity contribution is 0.0729. The number of carbonyl (C=O) groups excluding carboxylic acids is 1. The summed E-state index contributed by atoms with van der Waals surface area (Å²) in [5, 5.41) is 2.72. The van der Waals surface area contributed by atoms with Crippen LogP contribution < -0.4 is 5.32 Å². The summed E-state index contributed by atoms with van der Waals surface area (Å²) in [6, 6.07) is 10.8. The van der Waals surface area contributed by atoms with Crippen LogP contribution in [0, 0.1) is 5.82 Å². The second-order valence-corrected chi connectivity index (χ2v) is 8.47. The van der Waals surface area contributed by atoms with Crippen molar-refractivity contribution in [3.8, 4) is 0 Å². The first-order valence-corrected chi connectivity index (χ1v) is 10.6. The van der Waals surface area contributed by atoms with Crippen molar-refractivity contribution in [2.24, 2.45) is 0 Å². The predicted molar refractivity (Wildman–Crippen MR) is 104 cm³/mol. The fraction of sp³-hybridized carbons (Fsp3) is 0.350. The van der Waals surface area contributed by atoms with Gasteiger partial charge in [0.15, 0.2) is 0 Å². The highest BCUT2D eigenvalue weighted by Gasteiger charge is 2.29. The number of aryl methyl sites for hydroxylation is 1. The van der Waals surface area contributed by atoms with E-state index in [2.05, 4.69) is 12.2 Å². The summed E-state index contributed by atoms with van der Waals surface area (Å²) >= 11 is 0. The fourth-order valence-electron chi connectivity index (χ4n) is 3.02. The van der Waals surface area contributed by atoms with Crippen molar-refractivity contribution in [3.05, 3.63) is 59.4 Å². The van der Waals surface area contributed by atoms with Gasteiger partial charge in [0.25, 0.3) is 5.91 Å².